The van der Waals surface area contributed by atoms with Crippen LogP contribution in [-0.4, -0.2) is 18.4 Å². The number of esters is 1. The summed E-state index contributed by atoms with van der Waals surface area (Å²) in [5.74, 6) is -1.56. The van der Waals surface area contributed by atoms with Crippen molar-refractivity contribution in [2.45, 2.75) is 52.4 Å². The lowest BCUT2D eigenvalue weighted by Crippen LogP contribution is -2.26. The molecule has 0 saturated carbocycles. The van der Waals surface area contributed by atoms with Gasteiger partial charge in [-0.2, -0.15) is 0 Å². The molecule has 0 saturated heterocycles. The fourth-order valence-corrected chi connectivity index (χ4v) is 3.17. The average Bonchev–Trinajstić information content (AvgIpc) is 2.70. The third kappa shape index (κ3) is 6.69. The van der Waals surface area contributed by atoms with E-state index in [0.29, 0.717) is 17.7 Å². The van der Waals surface area contributed by atoms with Gasteiger partial charge in [0.15, 0.2) is 5.78 Å². The van der Waals surface area contributed by atoms with Gasteiger partial charge in [0, 0.05) is 5.56 Å². The summed E-state index contributed by atoms with van der Waals surface area (Å²) in [7, 11) is 1.17. The molecule has 0 radical (unpaired) electrons. The van der Waals surface area contributed by atoms with Gasteiger partial charge in [-0.15, -0.1) is 0 Å². The molecule has 0 fully saturated rings. The van der Waals surface area contributed by atoms with Gasteiger partial charge in [-0.3, -0.25) is 9.59 Å². The van der Waals surface area contributed by atoms with Crippen molar-refractivity contribution in [2.75, 3.05) is 6.61 Å². The quantitative estimate of drug-likeness (QED) is 0.180. The second kappa shape index (κ2) is 13.0. The highest BCUT2D eigenvalue weighted by Gasteiger charge is 2.32. The summed E-state index contributed by atoms with van der Waals surface area (Å²) in [6, 6.07) is 14.9. The number of Topliss-reactive ketones (excluding diaryl/α,β-unsaturated/α-hetero) is 1. The van der Waals surface area contributed by atoms with Gasteiger partial charge in [0.05, 0.1) is 6.61 Å². The van der Waals surface area contributed by atoms with Crippen LogP contribution in [0.1, 0.15) is 65.6 Å². The number of unbranched alkanes of at least 4 members (excludes halogenated alkanes) is 3. The fourth-order valence-electron chi connectivity index (χ4n) is 3.17. The van der Waals surface area contributed by atoms with Crippen molar-refractivity contribution in [3.63, 3.8) is 0 Å². The summed E-state index contributed by atoms with van der Waals surface area (Å²) in [6.45, 7) is 6.31. The molecule has 0 amide bonds. The molecule has 0 aliphatic rings. The monoisotopic (exact) mass is 401 g/mol. The van der Waals surface area contributed by atoms with E-state index in [2.05, 4.69) is 6.92 Å². The van der Waals surface area contributed by atoms with Crippen LogP contribution >= 0.6 is 9.12 Å². The van der Waals surface area contributed by atoms with E-state index in [-0.39, 0.29) is 5.78 Å². The Morgan fingerprint density at radius 1 is 0.893 bits per heavy atom. The number of ether oxygens (including phenoxy) is 1. The molecule has 0 N–H and O–H groups in total. The lowest BCUT2D eigenvalue weighted by atomic mass is 9.87. The minimum atomic E-state index is -0.915. The van der Waals surface area contributed by atoms with Crippen molar-refractivity contribution in [1.82, 2.24) is 0 Å². The zero-order valence-corrected chi connectivity index (χ0v) is 18.1. The van der Waals surface area contributed by atoms with Gasteiger partial charge in [0.2, 0.25) is 0 Å². The zero-order chi connectivity index (χ0) is 20.9. The topological polar surface area (TPSA) is 60.4 Å². The van der Waals surface area contributed by atoms with Crippen LogP contribution in [0, 0.1) is 13.8 Å². The summed E-state index contributed by atoms with van der Waals surface area (Å²) in [6.07, 6.45) is 4.12. The molecule has 0 aromatic heterocycles. The van der Waals surface area contributed by atoms with Gasteiger partial charge >= 0.3 is 15.1 Å². The number of hydrogen-bond donors (Lipinski definition) is 0. The molecule has 2 rings (SSSR count). The van der Waals surface area contributed by atoms with Crippen LogP contribution in [0.2, 0.25) is 0 Å². The predicted octanol–water partition coefficient (Wildman–Crippen LogP) is 5.60. The molecule has 0 spiro atoms. The molecular weight excluding hydrogens is 371 g/mol. The number of benzene rings is 2. The van der Waals surface area contributed by atoms with Crippen molar-refractivity contribution >= 4 is 20.9 Å². The Bertz CT molecular complexity index is 738. The molecule has 2 aromatic carbocycles. The second-order valence-corrected chi connectivity index (χ2v) is 6.70. The van der Waals surface area contributed by atoms with Crippen molar-refractivity contribution in [3.8, 4) is 0 Å². The largest absolute Gasteiger partial charge is 0.465 e. The Morgan fingerprint density at radius 3 is 2.07 bits per heavy atom. The lowest BCUT2D eigenvalue weighted by Gasteiger charge is -2.18. The number of hydrogen-bond acceptors (Lipinski definition) is 4. The van der Waals surface area contributed by atoms with E-state index in [0.717, 1.165) is 36.8 Å². The standard InChI is InChI=1S/C23H28O3.H2OP/c1-4-5-6-10-16-26-23(25)21(19-14-8-7-9-15-19)22(24)20-17(2)12-11-13-18(20)3;1-2/h7-9,11-15,21H,4-6,10,16H2,1-3H3;2H2/q;+1. The van der Waals surface area contributed by atoms with E-state index in [1.54, 1.807) is 0 Å². The van der Waals surface area contributed by atoms with Gasteiger partial charge in [0.25, 0.3) is 0 Å². The molecule has 4 nitrogen and oxygen atoms in total. The average molecular weight is 401 g/mol. The summed E-state index contributed by atoms with van der Waals surface area (Å²) in [5, 5.41) is 0. The highest BCUT2D eigenvalue weighted by molar-refractivity contribution is 7.00. The number of carbonyl (C=O) groups is 2. The Kier molecular flexibility index (Phi) is 11.0. The number of rotatable bonds is 9. The first-order chi connectivity index (χ1) is 13.6. The lowest BCUT2D eigenvalue weighted by molar-refractivity contribution is -0.144. The van der Waals surface area contributed by atoms with Crippen molar-refractivity contribution in [2.24, 2.45) is 0 Å². The van der Waals surface area contributed by atoms with Crippen molar-refractivity contribution in [1.29, 1.82) is 0 Å². The maximum atomic E-state index is 13.3. The number of carbonyl (C=O) groups excluding carboxylic acids is 2. The smallest absolute Gasteiger partial charge is 0.321 e. The summed E-state index contributed by atoms with van der Waals surface area (Å²) in [4.78, 5) is 26.0. The van der Waals surface area contributed by atoms with E-state index < -0.39 is 11.9 Å². The molecule has 0 heterocycles. The SMILES string of the molecule is CCCCCCOC(=O)C(C(=O)c1c(C)cccc1C)c1ccccc1.O=[PH2+]. The normalized spacial score (nSPS) is 11.1. The molecule has 2 aromatic rings. The van der Waals surface area contributed by atoms with Crippen LogP contribution in [0.5, 0.6) is 0 Å². The van der Waals surface area contributed by atoms with Crippen LogP contribution in [0.4, 0.5) is 0 Å². The zero-order valence-electron chi connectivity index (χ0n) is 16.9. The Balaban J connectivity index is 0.00000190. The van der Waals surface area contributed by atoms with E-state index in [4.69, 9.17) is 9.30 Å². The van der Waals surface area contributed by atoms with Crippen LogP contribution < -0.4 is 0 Å². The molecule has 2 unspecified atom stereocenters. The Labute approximate surface area is 169 Å². The molecule has 0 bridgehead atoms. The summed E-state index contributed by atoms with van der Waals surface area (Å²) in [5.41, 5.74) is 3.06. The number of ketones is 1. The molecule has 0 aliphatic heterocycles. The molecule has 28 heavy (non-hydrogen) atoms. The highest BCUT2D eigenvalue weighted by Crippen LogP contribution is 2.26. The van der Waals surface area contributed by atoms with Crippen LogP contribution in [-0.2, 0) is 14.1 Å². The van der Waals surface area contributed by atoms with Gasteiger partial charge in [-0.05, 0) is 37.0 Å². The molecule has 5 heteroatoms. The maximum absolute atomic E-state index is 13.3. The Morgan fingerprint density at radius 2 is 1.50 bits per heavy atom. The third-order valence-corrected chi connectivity index (χ3v) is 4.60. The Hall–Kier alpha value is -2.32. The van der Waals surface area contributed by atoms with Gasteiger partial charge in [0.1, 0.15) is 5.92 Å². The predicted molar refractivity (Wildman–Crippen MR) is 115 cm³/mol. The van der Waals surface area contributed by atoms with E-state index in [9.17, 15) is 9.59 Å². The highest BCUT2D eigenvalue weighted by atomic mass is 31.0. The van der Waals surface area contributed by atoms with E-state index in [1.807, 2.05) is 62.4 Å². The first-order valence-electron chi connectivity index (χ1n) is 9.61. The third-order valence-electron chi connectivity index (χ3n) is 4.60. The van der Waals surface area contributed by atoms with E-state index in [1.165, 1.54) is 9.12 Å². The van der Waals surface area contributed by atoms with Gasteiger partial charge < -0.3 is 4.74 Å². The fraction of sp³-hybridized carbons (Fsp3) is 0.391. The van der Waals surface area contributed by atoms with Crippen LogP contribution in [0.3, 0.4) is 0 Å². The number of aryl methyl sites for hydroxylation is 2. The maximum Gasteiger partial charge on any atom is 0.321 e. The van der Waals surface area contributed by atoms with Gasteiger partial charge in [-0.25, -0.2) is 0 Å². The first-order valence-corrected chi connectivity index (χ1v) is 10.1. The molecular formula is C23H30O4P+. The van der Waals surface area contributed by atoms with Crippen LogP contribution in [0.25, 0.3) is 0 Å². The van der Waals surface area contributed by atoms with E-state index >= 15 is 0 Å². The van der Waals surface area contributed by atoms with Crippen molar-refractivity contribution < 1.29 is 18.9 Å². The minimum absolute atomic E-state index is 0.189. The minimum Gasteiger partial charge on any atom is -0.465 e. The second-order valence-electron chi connectivity index (χ2n) is 6.70. The summed E-state index contributed by atoms with van der Waals surface area (Å²) >= 11 is 0. The van der Waals surface area contributed by atoms with Gasteiger partial charge in [-0.1, -0.05) is 79.3 Å². The summed E-state index contributed by atoms with van der Waals surface area (Å²) < 4.78 is 13.6. The first kappa shape index (κ1) is 23.7. The molecule has 2 atom stereocenters. The molecule has 0 aliphatic carbocycles. The van der Waals surface area contributed by atoms with Crippen LogP contribution in [0.15, 0.2) is 48.5 Å². The van der Waals surface area contributed by atoms with Crippen molar-refractivity contribution in [3.05, 3.63) is 70.8 Å². The molecule has 150 valence electrons.